The van der Waals surface area contributed by atoms with Gasteiger partial charge >= 0.3 is 0 Å². The highest BCUT2D eigenvalue weighted by atomic mass is 35.5. The van der Waals surface area contributed by atoms with E-state index in [1.807, 2.05) is 26.0 Å². The van der Waals surface area contributed by atoms with Crippen LogP contribution >= 0.6 is 22.9 Å². The van der Waals surface area contributed by atoms with Gasteiger partial charge in [0.25, 0.3) is 10.0 Å². The number of halogens is 2. The van der Waals surface area contributed by atoms with Crippen LogP contribution in [0, 0.1) is 5.82 Å². The van der Waals surface area contributed by atoms with E-state index in [1.54, 1.807) is 0 Å². The maximum atomic E-state index is 14.9. The SMILES string of the molecule is CN(C)c1ccc(CN2CCC(N(C)c3cc(F)c(S(=O)(=O)Nc4cscn4)cc3Cl)C2)cc1. The number of nitrogens with zero attached hydrogens (tertiary/aromatic N) is 4. The Kier molecular flexibility index (Phi) is 7.32. The van der Waals surface area contributed by atoms with E-state index in [0.717, 1.165) is 37.8 Å². The predicted octanol–water partition coefficient (Wildman–Crippen LogP) is 4.51. The second-order valence-corrected chi connectivity index (χ2v) is 11.3. The number of likely N-dealkylation sites (N-methyl/N-ethyl adjacent to an activating group) is 1. The quantitative estimate of drug-likeness (QED) is 0.468. The normalized spacial score (nSPS) is 16.6. The second-order valence-electron chi connectivity index (χ2n) is 8.56. The van der Waals surface area contributed by atoms with Crippen LogP contribution < -0.4 is 14.5 Å². The number of nitrogens with one attached hydrogen (secondary N) is 1. The van der Waals surface area contributed by atoms with E-state index < -0.39 is 20.7 Å². The van der Waals surface area contributed by atoms with Crippen molar-refractivity contribution >= 4 is 50.2 Å². The van der Waals surface area contributed by atoms with Gasteiger partial charge in [-0.05, 0) is 30.2 Å². The number of hydrogen-bond acceptors (Lipinski definition) is 7. The van der Waals surface area contributed by atoms with Gasteiger partial charge in [-0.1, -0.05) is 23.7 Å². The Bertz CT molecular complexity index is 1240. The zero-order chi connectivity index (χ0) is 24.5. The van der Waals surface area contributed by atoms with Crippen LogP contribution in [0.4, 0.5) is 21.6 Å². The molecule has 2 aromatic carbocycles. The van der Waals surface area contributed by atoms with E-state index >= 15 is 0 Å². The summed E-state index contributed by atoms with van der Waals surface area (Å²) in [6.45, 7) is 2.55. The molecule has 0 amide bonds. The summed E-state index contributed by atoms with van der Waals surface area (Å²) in [5.74, 6) is -0.714. The molecule has 7 nitrogen and oxygen atoms in total. The first kappa shape index (κ1) is 24.7. The van der Waals surface area contributed by atoms with Crippen molar-refractivity contribution < 1.29 is 12.8 Å². The number of anilines is 3. The van der Waals surface area contributed by atoms with Gasteiger partial charge in [-0.15, -0.1) is 11.3 Å². The van der Waals surface area contributed by atoms with Crippen LogP contribution in [0.15, 0.2) is 52.2 Å². The summed E-state index contributed by atoms with van der Waals surface area (Å²) in [5.41, 5.74) is 4.35. The fourth-order valence-corrected chi connectivity index (χ4v) is 6.08. The van der Waals surface area contributed by atoms with Gasteiger partial charge in [0.05, 0.1) is 16.2 Å². The monoisotopic (exact) mass is 523 g/mol. The van der Waals surface area contributed by atoms with E-state index in [2.05, 4.69) is 43.8 Å². The third-order valence-corrected chi connectivity index (χ3v) is 8.26. The van der Waals surface area contributed by atoms with E-state index in [4.69, 9.17) is 11.6 Å². The molecule has 1 fully saturated rings. The van der Waals surface area contributed by atoms with Crippen LogP contribution in [0.3, 0.4) is 0 Å². The first-order chi connectivity index (χ1) is 16.1. The highest BCUT2D eigenvalue weighted by Gasteiger charge is 2.29. The summed E-state index contributed by atoms with van der Waals surface area (Å²) in [7, 11) is 1.75. The lowest BCUT2D eigenvalue weighted by molar-refractivity contribution is 0.326. The standard InChI is InChI=1S/C23H27ClFN5O2S2/c1-28(2)17-6-4-16(5-7-17)12-30-9-8-18(13-30)29(3)21-11-20(25)22(10-19(21)24)34(31,32)27-23-14-33-15-26-23/h4-7,10-11,14-15,18,27H,8-9,12-13H2,1-3H3. The van der Waals surface area contributed by atoms with Crippen LogP contribution in [-0.4, -0.2) is 58.6 Å². The van der Waals surface area contributed by atoms with Crippen molar-refractivity contribution in [2.75, 3.05) is 48.8 Å². The zero-order valence-electron chi connectivity index (χ0n) is 19.2. The van der Waals surface area contributed by atoms with Gasteiger partial charge in [0.2, 0.25) is 0 Å². The zero-order valence-corrected chi connectivity index (χ0v) is 21.6. The maximum absolute atomic E-state index is 14.9. The Morgan fingerprint density at radius 3 is 2.62 bits per heavy atom. The van der Waals surface area contributed by atoms with E-state index in [9.17, 15) is 12.8 Å². The lowest BCUT2D eigenvalue weighted by Crippen LogP contribution is -2.34. The smallest absolute Gasteiger partial charge is 0.266 e. The molecular weight excluding hydrogens is 497 g/mol. The molecule has 11 heteroatoms. The van der Waals surface area contributed by atoms with Gasteiger partial charge < -0.3 is 9.80 Å². The third kappa shape index (κ3) is 5.46. The minimum Gasteiger partial charge on any atom is -0.378 e. The summed E-state index contributed by atoms with van der Waals surface area (Å²) in [5, 5.41) is 1.71. The molecule has 0 bridgehead atoms. The molecule has 1 saturated heterocycles. The maximum Gasteiger partial charge on any atom is 0.266 e. The lowest BCUT2D eigenvalue weighted by Gasteiger charge is -2.28. The Balaban J connectivity index is 1.44. The van der Waals surface area contributed by atoms with E-state index in [1.165, 1.54) is 33.9 Å². The van der Waals surface area contributed by atoms with E-state index in [0.29, 0.717) is 5.69 Å². The topological polar surface area (TPSA) is 68.8 Å². The number of sulfonamides is 1. The minimum atomic E-state index is -4.14. The Morgan fingerprint density at radius 2 is 1.97 bits per heavy atom. The minimum absolute atomic E-state index is 0.133. The van der Waals surface area contributed by atoms with Crippen LogP contribution in [0.2, 0.25) is 5.02 Å². The first-order valence-corrected chi connectivity index (χ1v) is 13.6. The predicted molar refractivity (Wildman–Crippen MR) is 137 cm³/mol. The summed E-state index contributed by atoms with van der Waals surface area (Å²) in [6.07, 6.45) is 0.898. The van der Waals surface area contributed by atoms with Gasteiger partial charge in [0.15, 0.2) is 5.82 Å². The van der Waals surface area contributed by atoms with Crippen molar-refractivity contribution in [1.29, 1.82) is 0 Å². The van der Waals surface area contributed by atoms with Crippen LogP contribution in [-0.2, 0) is 16.6 Å². The highest BCUT2D eigenvalue weighted by molar-refractivity contribution is 7.92. The summed E-state index contributed by atoms with van der Waals surface area (Å²) in [4.78, 5) is 9.74. The molecule has 1 N–H and O–H groups in total. The first-order valence-electron chi connectivity index (χ1n) is 10.8. The average molecular weight is 524 g/mol. The van der Waals surface area contributed by atoms with Gasteiger partial charge in [-0.25, -0.2) is 17.8 Å². The van der Waals surface area contributed by atoms with Gasteiger partial charge in [0, 0.05) is 64.0 Å². The fraction of sp³-hybridized carbons (Fsp3) is 0.348. The molecule has 4 rings (SSSR count). The molecule has 1 atom stereocenters. The number of likely N-dealkylation sites (tertiary alicyclic amines) is 1. The number of benzene rings is 2. The molecule has 3 aromatic rings. The summed E-state index contributed by atoms with van der Waals surface area (Å²) >= 11 is 7.67. The van der Waals surface area contributed by atoms with Gasteiger partial charge in [0.1, 0.15) is 10.7 Å². The Hall–Kier alpha value is -2.40. The lowest BCUT2D eigenvalue weighted by atomic mass is 10.2. The molecule has 182 valence electrons. The van der Waals surface area contributed by atoms with Crippen molar-refractivity contribution in [3.05, 3.63) is 63.7 Å². The molecule has 2 heterocycles. The Morgan fingerprint density at radius 1 is 1.24 bits per heavy atom. The second kappa shape index (κ2) is 10.1. The molecular formula is C23H27ClFN5O2S2. The third-order valence-electron chi connectivity index (χ3n) is 6.00. The molecule has 1 aliphatic rings. The molecule has 0 radical (unpaired) electrons. The van der Waals surface area contributed by atoms with Crippen molar-refractivity contribution in [2.24, 2.45) is 0 Å². The largest absolute Gasteiger partial charge is 0.378 e. The van der Waals surface area contributed by atoms with Crippen molar-refractivity contribution in [2.45, 2.75) is 23.9 Å². The number of rotatable bonds is 8. The number of thiazole rings is 1. The van der Waals surface area contributed by atoms with Gasteiger partial charge in [-0.2, -0.15) is 0 Å². The molecule has 1 aromatic heterocycles. The van der Waals surface area contributed by atoms with Crippen LogP contribution in [0.25, 0.3) is 0 Å². The number of aromatic nitrogens is 1. The van der Waals surface area contributed by atoms with Crippen LogP contribution in [0.5, 0.6) is 0 Å². The summed E-state index contributed by atoms with van der Waals surface area (Å²) < 4.78 is 42.4. The molecule has 0 aliphatic carbocycles. The van der Waals surface area contributed by atoms with Crippen LogP contribution in [0.1, 0.15) is 12.0 Å². The Labute approximate surface area is 208 Å². The highest BCUT2D eigenvalue weighted by Crippen LogP contribution is 2.33. The number of hydrogen-bond donors (Lipinski definition) is 1. The molecule has 1 unspecified atom stereocenters. The van der Waals surface area contributed by atoms with Crippen molar-refractivity contribution in [3.63, 3.8) is 0 Å². The molecule has 34 heavy (non-hydrogen) atoms. The molecule has 1 aliphatic heterocycles. The summed E-state index contributed by atoms with van der Waals surface area (Å²) in [6, 6.07) is 11.0. The van der Waals surface area contributed by atoms with Gasteiger partial charge in [-0.3, -0.25) is 9.62 Å². The van der Waals surface area contributed by atoms with Crippen molar-refractivity contribution in [3.8, 4) is 0 Å². The van der Waals surface area contributed by atoms with E-state index in [-0.39, 0.29) is 16.9 Å². The molecule has 0 saturated carbocycles. The molecule has 0 spiro atoms. The fourth-order valence-electron chi connectivity index (χ4n) is 4.08. The van der Waals surface area contributed by atoms with Crippen molar-refractivity contribution in [1.82, 2.24) is 9.88 Å². The average Bonchev–Trinajstić information content (AvgIpc) is 3.47.